The second-order valence-electron chi connectivity index (χ2n) is 7.86. The number of hydrogen-bond acceptors (Lipinski definition) is 2. The number of fused-ring (bicyclic) bond motifs is 1. The van der Waals surface area contributed by atoms with Crippen LogP contribution in [0.5, 0.6) is 0 Å². The van der Waals surface area contributed by atoms with Crippen LogP contribution in [0.25, 0.3) is 0 Å². The van der Waals surface area contributed by atoms with E-state index in [2.05, 4.69) is 13.8 Å². The molecule has 1 aliphatic heterocycles. The van der Waals surface area contributed by atoms with Crippen molar-refractivity contribution < 1.29 is 13.9 Å². The largest absolute Gasteiger partial charge is 0.458 e. The van der Waals surface area contributed by atoms with Crippen molar-refractivity contribution >= 4 is 5.97 Å². The molecule has 1 aromatic carbocycles. The number of ether oxygens (including phenoxy) is 1. The van der Waals surface area contributed by atoms with Crippen LogP contribution >= 0.6 is 0 Å². The first-order valence-electron chi connectivity index (χ1n) is 10.2. The van der Waals surface area contributed by atoms with Crippen LogP contribution < -0.4 is 0 Å². The van der Waals surface area contributed by atoms with Gasteiger partial charge in [0.25, 0.3) is 0 Å². The van der Waals surface area contributed by atoms with Gasteiger partial charge in [-0.3, -0.25) is 0 Å². The molecule has 1 fully saturated rings. The molecule has 25 heavy (non-hydrogen) atoms. The molecule has 3 heteroatoms. The summed E-state index contributed by atoms with van der Waals surface area (Å²) in [6.45, 7) is 4.39. The maximum Gasteiger partial charge on any atom is 0.341 e. The van der Waals surface area contributed by atoms with Gasteiger partial charge >= 0.3 is 5.97 Å². The summed E-state index contributed by atoms with van der Waals surface area (Å²) in [6, 6.07) is 3.92. The predicted octanol–water partition coefficient (Wildman–Crippen LogP) is 6.17. The summed E-state index contributed by atoms with van der Waals surface area (Å²) < 4.78 is 20.6. The van der Waals surface area contributed by atoms with Gasteiger partial charge in [0.1, 0.15) is 11.9 Å². The average molecular weight is 346 g/mol. The van der Waals surface area contributed by atoms with E-state index < -0.39 is 5.97 Å². The van der Waals surface area contributed by atoms with Gasteiger partial charge in [0, 0.05) is 6.42 Å². The Morgan fingerprint density at radius 2 is 1.88 bits per heavy atom. The number of carbonyl (C=O) groups is 1. The summed E-state index contributed by atoms with van der Waals surface area (Å²) in [7, 11) is 0. The van der Waals surface area contributed by atoms with Crippen LogP contribution in [0.1, 0.15) is 99.0 Å². The molecular weight excluding hydrogens is 315 g/mol. The fourth-order valence-electron chi connectivity index (χ4n) is 4.50. The molecule has 2 aliphatic rings. The number of cyclic esters (lactones) is 1. The van der Waals surface area contributed by atoms with Gasteiger partial charge in [-0.25, -0.2) is 9.18 Å². The van der Waals surface area contributed by atoms with Crippen molar-refractivity contribution in [2.45, 2.75) is 90.1 Å². The number of benzene rings is 1. The Morgan fingerprint density at radius 3 is 2.56 bits per heavy atom. The van der Waals surface area contributed by atoms with E-state index in [0.29, 0.717) is 6.42 Å². The molecule has 3 rings (SSSR count). The van der Waals surface area contributed by atoms with E-state index in [0.717, 1.165) is 55.6 Å². The van der Waals surface area contributed by atoms with E-state index in [9.17, 15) is 4.79 Å². The molecule has 0 aromatic heterocycles. The van der Waals surface area contributed by atoms with Crippen LogP contribution in [0, 0.1) is 11.7 Å². The Labute approximate surface area is 151 Å². The smallest absolute Gasteiger partial charge is 0.341 e. The molecule has 1 saturated carbocycles. The van der Waals surface area contributed by atoms with E-state index in [1.165, 1.54) is 19.3 Å². The lowest BCUT2D eigenvalue weighted by Gasteiger charge is -2.30. The zero-order valence-electron chi connectivity index (χ0n) is 15.7. The zero-order valence-corrected chi connectivity index (χ0v) is 15.7. The number of unbranched alkanes of at least 4 members (excludes halogenated alkanes) is 2. The quantitative estimate of drug-likeness (QED) is 0.455. The van der Waals surface area contributed by atoms with Crippen LogP contribution in [0.15, 0.2) is 12.1 Å². The van der Waals surface area contributed by atoms with Crippen molar-refractivity contribution in [1.82, 2.24) is 0 Å². The van der Waals surface area contributed by atoms with Gasteiger partial charge in [-0.1, -0.05) is 45.2 Å². The van der Waals surface area contributed by atoms with Gasteiger partial charge in [-0.15, -0.1) is 0 Å². The summed E-state index contributed by atoms with van der Waals surface area (Å²) in [4.78, 5) is 12.4. The number of carbonyl (C=O) groups excluding carboxylic acids is 1. The summed E-state index contributed by atoms with van der Waals surface area (Å²) in [5, 5.41) is 0. The highest BCUT2D eigenvalue weighted by molar-refractivity contribution is 5.92. The van der Waals surface area contributed by atoms with Crippen molar-refractivity contribution in [3.8, 4) is 0 Å². The minimum atomic E-state index is -0.454. The van der Waals surface area contributed by atoms with Gasteiger partial charge in [0.05, 0.1) is 5.56 Å². The van der Waals surface area contributed by atoms with E-state index in [-0.39, 0.29) is 23.4 Å². The minimum Gasteiger partial charge on any atom is -0.458 e. The van der Waals surface area contributed by atoms with Crippen LogP contribution in [0.4, 0.5) is 4.39 Å². The SMILES string of the molecule is CCCCCC1Cc2ccc(C3CCC(CC)CC3)c(F)c2C(=O)O1. The molecule has 1 unspecified atom stereocenters. The molecular formula is C22H31FO2. The Hall–Kier alpha value is -1.38. The van der Waals surface area contributed by atoms with Crippen molar-refractivity contribution in [2.24, 2.45) is 5.92 Å². The highest BCUT2D eigenvalue weighted by Gasteiger charge is 2.32. The van der Waals surface area contributed by atoms with Crippen molar-refractivity contribution in [3.05, 3.63) is 34.6 Å². The number of rotatable bonds is 6. The molecule has 0 saturated heterocycles. The van der Waals surface area contributed by atoms with Gasteiger partial charge in [0.2, 0.25) is 0 Å². The van der Waals surface area contributed by atoms with Crippen molar-refractivity contribution in [1.29, 1.82) is 0 Å². The summed E-state index contributed by atoms with van der Waals surface area (Å²) in [5.41, 5.74) is 1.78. The molecule has 1 atom stereocenters. The zero-order chi connectivity index (χ0) is 17.8. The first-order valence-corrected chi connectivity index (χ1v) is 10.2. The monoisotopic (exact) mass is 346 g/mol. The summed E-state index contributed by atoms with van der Waals surface area (Å²) in [6.07, 6.45) is 10.4. The highest BCUT2D eigenvalue weighted by atomic mass is 19.1. The third kappa shape index (κ3) is 4.07. The van der Waals surface area contributed by atoms with Gasteiger partial charge in [0.15, 0.2) is 0 Å². The molecule has 0 amide bonds. The minimum absolute atomic E-state index is 0.0863. The fraction of sp³-hybridized carbons (Fsp3) is 0.682. The molecule has 1 aromatic rings. The third-order valence-electron chi connectivity index (χ3n) is 6.18. The van der Waals surface area contributed by atoms with Crippen LogP contribution in [0.3, 0.4) is 0 Å². The molecule has 0 N–H and O–H groups in total. The molecule has 0 spiro atoms. The molecule has 138 valence electrons. The first-order chi connectivity index (χ1) is 12.1. The summed E-state index contributed by atoms with van der Waals surface area (Å²) in [5.74, 6) is 0.271. The lowest BCUT2D eigenvalue weighted by molar-refractivity contribution is 0.0224. The third-order valence-corrected chi connectivity index (χ3v) is 6.18. The van der Waals surface area contributed by atoms with Gasteiger partial charge in [-0.2, -0.15) is 0 Å². The molecule has 0 bridgehead atoms. The van der Waals surface area contributed by atoms with Crippen LogP contribution in [-0.2, 0) is 11.2 Å². The maximum atomic E-state index is 15.1. The van der Waals surface area contributed by atoms with Crippen molar-refractivity contribution in [3.63, 3.8) is 0 Å². The Morgan fingerprint density at radius 1 is 1.12 bits per heavy atom. The first kappa shape index (κ1) is 18.4. The topological polar surface area (TPSA) is 26.3 Å². The molecule has 1 heterocycles. The predicted molar refractivity (Wildman–Crippen MR) is 98.4 cm³/mol. The van der Waals surface area contributed by atoms with Gasteiger partial charge in [-0.05, 0) is 61.5 Å². The average Bonchev–Trinajstić information content (AvgIpc) is 2.62. The van der Waals surface area contributed by atoms with E-state index in [1.807, 2.05) is 12.1 Å². The summed E-state index contributed by atoms with van der Waals surface area (Å²) >= 11 is 0. The van der Waals surface area contributed by atoms with E-state index >= 15 is 4.39 Å². The number of hydrogen-bond donors (Lipinski definition) is 0. The second kappa shape index (κ2) is 8.33. The van der Waals surface area contributed by atoms with Crippen LogP contribution in [0.2, 0.25) is 0 Å². The standard InChI is InChI=1S/C22H31FO2/c1-3-5-6-7-18-14-17-12-13-19(21(23)20(17)22(24)25-18)16-10-8-15(4-2)9-11-16/h12-13,15-16,18H,3-11,14H2,1-2H3. The van der Waals surface area contributed by atoms with Crippen molar-refractivity contribution in [2.75, 3.05) is 0 Å². The van der Waals surface area contributed by atoms with E-state index in [4.69, 9.17) is 4.74 Å². The maximum absolute atomic E-state index is 15.1. The Kier molecular flexibility index (Phi) is 6.14. The van der Waals surface area contributed by atoms with E-state index in [1.54, 1.807) is 0 Å². The second-order valence-corrected chi connectivity index (χ2v) is 7.86. The Balaban J connectivity index is 1.74. The molecule has 0 radical (unpaired) electrons. The molecule has 1 aliphatic carbocycles. The number of halogens is 1. The van der Waals surface area contributed by atoms with Crippen LogP contribution in [-0.4, -0.2) is 12.1 Å². The molecule has 2 nitrogen and oxygen atoms in total. The normalized spacial score (nSPS) is 26.2. The number of esters is 1. The Bertz CT molecular complexity index is 602. The fourth-order valence-corrected chi connectivity index (χ4v) is 4.50. The highest BCUT2D eigenvalue weighted by Crippen LogP contribution is 2.39. The van der Waals surface area contributed by atoms with Gasteiger partial charge < -0.3 is 4.74 Å². The lowest BCUT2D eigenvalue weighted by Crippen LogP contribution is -2.29. The lowest BCUT2D eigenvalue weighted by atomic mass is 9.77.